The van der Waals surface area contributed by atoms with Crippen molar-refractivity contribution >= 4 is 24.0 Å². The van der Waals surface area contributed by atoms with E-state index in [2.05, 4.69) is 55.1 Å². The summed E-state index contributed by atoms with van der Waals surface area (Å²) in [4.78, 5) is 17.0. The fourth-order valence-electron chi connectivity index (χ4n) is 3.55. The normalized spacial score (nSPS) is 18.9. The van der Waals surface area contributed by atoms with Crippen molar-refractivity contribution in [1.29, 1.82) is 0 Å². The van der Waals surface area contributed by atoms with Gasteiger partial charge < -0.3 is 15.5 Å². The average molecular weight is 388 g/mol. The van der Waals surface area contributed by atoms with E-state index in [1.54, 1.807) is 0 Å². The number of likely N-dealkylation sites (tertiary alicyclic amines) is 1. The van der Waals surface area contributed by atoms with Crippen molar-refractivity contribution in [2.75, 3.05) is 31.1 Å². The van der Waals surface area contributed by atoms with Crippen molar-refractivity contribution in [3.8, 4) is 0 Å². The molecule has 1 saturated heterocycles. The smallest absolute Gasteiger partial charge is 0.253 e. The third kappa shape index (κ3) is 5.02. The molecule has 0 aliphatic carbocycles. The Labute approximate surface area is 168 Å². The van der Waals surface area contributed by atoms with Gasteiger partial charge in [0.15, 0.2) is 0 Å². The molecule has 2 aromatic carbocycles. The van der Waals surface area contributed by atoms with Crippen LogP contribution in [0.2, 0.25) is 0 Å². The van der Waals surface area contributed by atoms with Crippen molar-refractivity contribution in [3.63, 3.8) is 0 Å². The van der Waals surface area contributed by atoms with Gasteiger partial charge in [-0.3, -0.25) is 4.79 Å². The number of halogens is 1. The Bertz CT molecular complexity index is 735. The number of rotatable bonds is 6. The molecule has 1 heterocycles. The molecular formula is C22H30ClN3O. The lowest BCUT2D eigenvalue weighted by Crippen LogP contribution is -2.34. The molecule has 0 saturated carbocycles. The van der Waals surface area contributed by atoms with E-state index in [0.29, 0.717) is 6.54 Å². The van der Waals surface area contributed by atoms with Gasteiger partial charge >= 0.3 is 0 Å². The Kier molecular flexibility index (Phi) is 7.28. The number of anilines is 1. The number of nitrogens with two attached hydrogens (primary N) is 1. The van der Waals surface area contributed by atoms with E-state index in [-0.39, 0.29) is 23.7 Å². The van der Waals surface area contributed by atoms with Crippen LogP contribution in [0.4, 0.5) is 5.69 Å². The first kappa shape index (κ1) is 21.3. The SMILES string of the molecule is CCN(Cc1ccccc1)c1ccc(C(=O)N2CCC(C)(CN)C2)cc1.Cl. The van der Waals surface area contributed by atoms with Crippen LogP contribution in [0.5, 0.6) is 0 Å². The van der Waals surface area contributed by atoms with Crippen molar-refractivity contribution in [1.82, 2.24) is 4.90 Å². The minimum atomic E-state index is 0. The highest BCUT2D eigenvalue weighted by molar-refractivity contribution is 5.94. The van der Waals surface area contributed by atoms with Gasteiger partial charge in [-0.15, -0.1) is 12.4 Å². The van der Waals surface area contributed by atoms with E-state index in [1.807, 2.05) is 23.1 Å². The number of benzene rings is 2. The summed E-state index contributed by atoms with van der Waals surface area (Å²) in [7, 11) is 0. The molecule has 1 amide bonds. The molecule has 3 rings (SSSR count). The van der Waals surface area contributed by atoms with Gasteiger partial charge in [0.25, 0.3) is 5.91 Å². The second kappa shape index (κ2) is 9.25. The van der Waals surface area contributed by atoms with Crippen LogP contribution >= 0.6 is 12.4 Å². The summed E-state index contributed by atoms with van der Waals surface area (Å²) in [5.74, 6) is 0.111. The summed E-state index contributed by atoms with van der Waals surface area (Å²) in [6.45, 7) is 8.27. The predicted molar refractivity (Wildman–Crippen MR) is 115 cm³/mol. The first-order valence-corrected chi connectivity index (χ1v) is 9.43. The Morgan fingerprint density at radius 2 is 1.81 bits per heavy atom. The maximum absolute atomic E-state index is 12.8. The second-order valence-electron chi connectivity index (χ2n) is 7.54. The lowest BCUT2D eigenvalue weighted by atomic mass is 9.90. The van der Waals surface area contributed by atoms with Crippen molar-refractivity contribution in [2.45, 2.75) is 26.8 Å². The highest BCUT2D eigenvalue weighted by Crippen LogP contribution is 2.29. The molecule has 0 bridgehead atoms. The summed E-state index contributed by atoms with van der Waals surface area (Å²) >= 11 is 0. The molecule has 2 aromatic rings. The average Bonchev–Trinajstić information content (AvgIpc) is 3.09. The maximum Gasteiger partial charge on any atom is 0.253 e. The van der Waals surface area contributed by atoms with Gasteiger partial charge in [0.1, 0.15) is 0 Å². The lowest BCUT2D eigenvalue weighted by molar-refractivity contribution is 0.0777. The van der Waals surface area contributed by atoms with E-state index < -0.39 is 0 Å². The number of carbonyl (C=O) groups excluding carboxylic acids is 1. The molecule has 1 unspecified atom stereocenters. The second-order valence-corrected chi connectivity index (χ2v) is 7.54. The van der Waals surface area contributed by atoms with Gasteiger partial charge in [0.2, 0.25) is 0 Å². The van der Waals surface area contributed by atoms with Crippen LogP contribution in [-0.4, -0.2) is 37.0 Å². The van der Waals surface area contributed by atoms with Crippen LogP contribution in [0.25, 0.3) is 0 Å². The third-order valence-electron chi connectivity index (χ3n) is 5.42. The number of amides is 1. The molecular weight excluding hydrogens is 358 g/mol. The zero-order valence-electron chi connectivity index (χ0n) is 16.2. The zero-order valence-corrected chi connectivity index (χ0v) is 17.0. The molecule has 1 aliphatic heterocycles. The standard InChI is InChI=1S/C22H29N3O.ClH/c1-3-24(15-18-7-5-4-6-8-18)20-11-9-19(10-12-20)21(26)25-14-13-22(2,16-23)17-25;/h4-12H,3,13-17,23H2,1-2H3;1H. The van der Waals surface area contributed by atoms with E-state index in [4.69, 9.17) is 5.73 Å². The number of carbonyl (C=O) groups is 1. The first-order valence-electron chi connectivity index (χ1n) is 9.43. The van der Waals surface area contributed by atoms with Gasteiger partial charge in [-0.2, -0.15) is 0 Å². The molecule has 0 radical (unpaired) electrons. The molecule has 2 N–H and O–H groups in total. The molecule has 27 heavy (non-hydrogen) atoms. The predicted octanol–water partition coefficient (Wildman–Crippen LogP) is 3.95. The molecule has 5 heteroatoms. The van der Waals surface area contributed by atoms with Crippen molar-refractivity contribution < 1.29 is 4.79 Å². The van der Waals surface area contributed by atoms with Crippen LogP contribution in [-0.2, 0) is 6.54 Å². The van der Waals surface area contributed by atoms with Gasteiger partial charge in [-0.1, -0.05) is 37.3 Å². The Balaban J connectivity index is 0.00000261. The van der Waals surface area contributed by atoms with Crippen molar-refractivity contribution in [2.24, 2.45) is 11.1 Å². The van der Waals surface area contributed by atoms with E-state index in [0.717, 1.165) is 43.9 Å². The summed E-state index contributed by atoms with van der Waals surface area (Å²) in [5, 5.41) is 0. The van der Waals surface area contributed by atoms with Crippen LogP contribution in [0, 0.1) is 5.41 Å². The van der Waals surface area contributed by atoms with Crippen LogP contribution in [0.3, 0.4) is 0 Å². The van der Waals surface area contributed by atoms with Crippen molar-refractivity contribution in [3.05, 3.63) is 65.7 Å². The Hall–Kier alpha value is -2.04. The Morgan fingerprint density at radius 1 is 1.15 bits per heavy atom. The molecule has 1 atom stereocenters. The molecule has 146 valence electrons. The van der Waals surface area contributed by atoms with Gasteiger partial charge in [0.05, 0.1) is 0 Å². The minimum Gasteiger partial charge on any atom is -0.367 e. The van der Waals surface area contributed by atoms with Gasteiger partial charge in [0, 0.05) is 37.4 Å². The first-order chi connectivity index (χ1) is 12.5. The number of nitrogens with zero attached hydrogens (tertiary/aromatic N) is 2. The quantitative estimate of drug-likeness (QED) is 0.816. The van der Waals surface area contributed by atoms with Crippen LogP contribution in [0.1, 0.15) is 36.2 Å². The largest absolute Gasteiger partial charge is 0.367 e. The molecule has 1 fully saturated rings. The number of hydrogen-bond donors (Lipinski definition) is 1. The van der Waals surface area contributed by atoms with Crippen LogP contribution < -0.4 is 10.6 Å². The van der Waals surface area contributed by atoms with Gasteiger partial charge in [-0.25, -0.2) is 0 Å². The zero-order chi connectivity index (χ0) is 18.6. The number of hydrogen-bond acceptors (Lipinski definition) is 3. The molecule has 4 nitrogen and oxygen atoms in total. The molecule has 0 spiro atoms. The summed E-state index contributed by atoms with van der Waals surface area (Å²) in [5.41, 5.74) is 9.10. The van der Waals surface area contributed by atoms with E-state index in [9.17, 15) is 4.79 Å². The van der Waals surface area contributed by atoms with Crippen LogP contribution in [0.15, 0.2) is 54.6 Å². The topological polar surface area (TPSA) is 49.6 Å². The Morgan fingerprint density at radius 3 is 2.37 bits per heavy atom. The highest BCUT2D eigenvalue weighted by Gasteiger charge is 2.35. The fraction of sp³-hybridized carbons (Fsp3) is 0.409. The van der Waals surface area contributed by atoms with Gasteiger partial charge in [-0.05, 0) is 55.1 Å². The van der Waals surface area contributed by atoms with E-state index >= 15 is 0 Å². The third-order valence-corrected chi connectivity index (χ3v) is 5.42. The highest BCUT2D eigenvalue weighted by atomic mass is 35.5. The maximum atomic E-state index is 12.8. The molecule has 0 aromatic heterocycles. The fourth-order valence-corrected chi connectivity index (χ4v) is 3.55. The molecule has 1 aliphatic rings. The minimum absolute atomic E-state index is 0. The summed E-state index contributed by atoms with van der Waals surface area (Å²) in [6.07, 6.45) is 0.980. The lowest BCUT2D eigenvalue weighted by Gasteiger charge is -2.24. The van der Waals surface area contributed by atoms with E-state index in [1.165, 1.54) is 5.56 Å². The summed E-state index contributed by atoms with van der Waals surface area (Å²) in [6, 6.07) is 18.5. The monoisotopic (exact) mass is 387 g/mol. The summed E-state index contributed by atoms with van der Waals surface area (Å²) < 4.78 is 0.